The molecule has 0 heterocycles. The molecule has 0 saturated carbocycles. The molecule has 3 N–H and O–H groups in total. The minimum Gasteiger partial charge on any atom is -0.508 e. The van der Waals surface area contributed by atoms with Crippen molar-refractivity contribution in [1.29, 1.82) is 0 Å². The first-order valence-corrected chi connectivity index (χ1v) is 15.1. The maximum Gasteiger partial charge on any atom is 0.276 e. The second-order valence-electron chi connectivity index (χ2n) is 9.70. The summed E-state index contributed by atoms with van der Waals surface area (Å²) >= 11 is 0. The number of aromatic hydroxyl groups is 2. The van der Waals surface area contributed by atoms with E-state index in [4.69, 9.17) is 0 Å². The summed E-state index contributed by atoms with van der Waals surface area (Å²) in [5.41, 5.74) is 2.27. The molecule has 0 fully saturated rings. The van der Waals surface area contributed by atoms with Crippen LogP contribution < -0.4 is 4.83 Å². The highest BCUT2D eigenvalue weighted by atomic mass is 32.2. The predicted molar refractivity (Wildman–Crippen MR) is 154 cm³/mol. The van der Waals surface area contributed by atoms with Gasteiger partial charge in [-0.1, -0.05) is 107 Å². The maximum atomic E-state index is 13.0. The van der Waals surface area contributed by atoms with Gasteiger partial charge in [0, 0.05) is 17.2 Å². The zero-order valence-corrected chi connectivity index (χ0v) is 23.1. The monoisotopic (exact) mass is 536 g/mol. The number of phenols is 2. The summed E-state index contributed by atoms with van der Waals surface area (Å²) in [4.78, 5) is 2.43. The van der Waals surface area contributed by atoms with E-state index in [2.05, 4.69) is 16.9 Å². The Balaban J connectivity index is 1.57. The fraction of sp³-hybridized carbons (Fsp3) is 0.387. The number of nitrogens with zero attached hydrogens (tertiary/aromatic N) is 1. The first-order valence-electron chi connectivity index (χ1n) is 13.7. The van der Waals surface area contributed by atoms with E-state index < -0.39 is 10.0 Å². The summed E-state index contributed by atoms with van der Waals surface area (Å²) in [7, 11) is -3.92. The van der Waals surface area contributed by atoms with Gasteiger partial charge < -0.3 is 10.2 Å². The lowest BCUT2D eigenvalue weighted by atomic mass is 10.0. The van der Waals surface area contributed by atoms with Crippen molar-refractivity contribution in [1.82, 2.24) is 4.83 Å². The zero-order valence-electron chi connectivity index (χ0n) is 22.3. The molecule has 0 saturated heterocycles. The topological polar surface area (TPSA) is 99.0 Å². The molecule has 0 aliphatic rings. The number of sulfonamides is 1. The highest BCUT2D eigenvalue weighted by Crippen LogP contribution is 2.26. The molecule has 0 aliphatic heterocycles. The molecule has 3 aromatic rings. The van der Waals surface area contributed by atoms with Crippen LogP contribution in [0.1, 0.15) is 87.8 Å². The zero-order chi connectivity index (χ0) is 27.2. The fourth-order valence-electron chi connectivity index (χ4n) is 4.41. The lowest BCUT2D eigenvalue weighted by Crippen LogP contribution is -2.21. The molecule has 7 heteroatoms. The van der Waals surface area contributed by atoms with Gasteiger partial charge in [0.2, 0.25) is 0 Å². The van der Waals surface area contributed by atoms with Crippen LogP contribution in [-0.2, 0) is 16.4 Å². The van der Waals surface area contributed by atoms with E-state index in [0.29, 0.717) is 11.1 Å². The van der Waals surface area contributed by atoms with Crippen LogP contribution in [0, 0.1) is 0 Å². The number of benzene rings is 3. The third-order valence-electron chi connectivity index (χ3n) is 6.61. The van der Waals surface area contributed by atoms with E-state index in [9.17, 15) is 18.6 Å². The SMILES string of the molecule is CCCCCCCCCCCCc1ccc(S(=O)(=O)N/N=C(/c2ccccc2)c2ccc(O)cc2O)cc1. The van der Waals surface area contributed by atoms with Crippen molar-refractivity contribution >= 4 is 15.7 Å². The Morgan fingerprint density at radius 1 is 0.763 bits per heavy atom. The Hall–Kier alpha value is -3.32. The van der Waals surface area contributed by atoms with Crippen LogP contribution >= 0.6 is 0 Å². The third-order valence-corrected chi connectivity index (χ3v) is 7.84. The first-order chi connectivity index (χ1) is 18.4. The van der Waals surface area contributed by atoms with Crippen LogP contribution in [0.3, 0.4) is 0 Å². The predicted octanol–water partition coefficient (Wildman–Crippen LogP) is 7.29. The minimum atomic E-state index is -3.92. The van der Waals surface area contributed by atoms with E-state index in [1.807, 2.05) is 18.2 Å². The molecule has 3 aromatic carbocycles. The Bertz CT molecular complexity index is 1260. The van der Waals surface area contributed by atoms with E-state index in [-0.39, 0.29) is 22.1 Å². The van der Waals surface area contributed by atoms with Gasteiger partial charge in [-0.3, -0.25) is 0 Å². The van der Waals surface area contributed by atoms with Crippen LogP contribution in [0.15, 0.2) is 82.8 Å². The second kappa shape index (κ2) is 15.2. The van der Waals surface area contributed by atoms with Gasteiger partial charge in [-0.05, 0) is 42.7 Å². The average molecular weight is 537 g/mol. The van der Waals surface area contributed by atoms with Gasteiger partial charge in [-0.15, -0.1) is 0 Å². The number of phenolic OH excluding ortho intramolecular Hbond substituents is 2. The molecular weight excluding hydrogens is 496 g/mol. The molecule has 0 spiro atoms. The van der Waals surface area contributed by atoms with Crippen molar-refractivity contribution in [2.45, 2.75) is 82.4 Å². The Morgan fingerprint density at radius 2 is 1.37 bits per heavy atom. The van der Waals surface area contributed by atoms with Crippen molar-refractivity contribution < 1.29 is 18.6 Å². The lowest BCUT2D eigenvalue weighted by molar-refractivity contribution is 0.450. The Morgan fingerprint density at radius 3 is 1.97 bits per heavy atom. The van der Waals surface area contributed by atoms with E-state index in [1.54, 1.807) is 36.4 Å². The quantitative estimate of drug-likeness (QED) is 0.102. The molecule has 0 aliphatic carbocycles. The molecule has 0 radical (unpaired) electrons. The summed E-state index contributed by atoms with van der Waals surface area (Å²) in [6.45, 7) is 2.24. The summed E-state index contributed by atoms with van der Waals surface area (Å²) in [5, 5.41) is 24.2. The molecule has 0 unspecified atom stereocenters. The third kappa shape index (κ3) is 9.21. The van der Waals surface area contributed by atoms with Crippen molar-refractivity contribution in [2.24, 2.45) is 5.10 Å². The maximum absolute atomic E-state index is 13.0. The Kier molecular flexibility index (Phi) is 11.7. The summed E-state index contributed by atoms with van der Waals surface area (Å²) < 4.78 is 25.9. The van der Waals surface area contributed by atoms with E-state index in [0.717, 1.165) is 18.4 Å². The molecule has 6 nitrogen and oxygen atoms in total. The summed E-state index contributed by atoms with van der Waals surface area (Å²) in [6.07, 6.45) is 13.8. The largest absolute Gasteiger partial charge is 0.508 e. The highest BCUT2D eigenvalue weighted by Gasteiger charge is 2.17. The highest BCUT2D eigenvalue weighted by molar-refractivity contribution is 7.89. The van der Waals surface area contributed by atoms with Crippen LogP contribution in [0.5, 0.6) is 11.5 Å². The van der Waals surface area contributed by atoms with E-state index >= 15 is 0 Å². The van der Waals surface area contributed by atoms with Crippen LogP contribution in [-0.4, -0.2) is 24.3 Å². The number of rotatable bonds is 16. The van der Waals surface area contributed by atoms with Gasteiger partial charge in [-0.2, -0.15) is 18.4 Å². The molecule has 0 atom stereocenters. The molecule has 38 heavy (non-hydrogen) atoms. The van der Waals surface area contributed by atoms with Gasteiger partial charge in [0.15, 0.2) is 0 Å². The number of hydrazone groups is 1. The summed E-state index contributed by atoms with van der Waals surface area (Å²) in [6, 6.07) is 20.0. The summed E-state index contributed by atoms with van der Waals surface area (Å²) in [5.74, 6) is -0.305. The molecule has 0 aromatic heterocycles. The van der Waals surface area contributed by atoms with Gasteiger partial charge in [0.1, 0.15) is 17.2 Å². The van der Waals surface area contributed by atoms with Gasteiger partial charge in [0.25, 0.3) is 10.0 Å². The molecular formula is C31H40N2O4S. The van der Waals surface area contributed by atoms with E-state index in [1.165, 1.54) is 76.0 Å². The molecule has 0 bridgehead atoms. The molecule has 204 valence electrons. The molecule has 0 amide bonds. The second-order valence-corrected chi connectivity index (χ2v) is 11.4. The number of unbranched alkanes of at least 4 members (excludes halogenated alkanes) is 9. The van der Waals surface area contributed by atoms with Crippen LogP contribution in [0.25, 0.3) is 0 Å². The molecule has 3 rings (SSSR count). The smallest absolute Gasteiger partial charge is 0.276 e. The van der Waals surface area contributed by atoms with Crippen LogP contribution in [0.4, 0.5) is 0 Å². The minimum absolute atomic E-state index is 0.0999. The fourth-order valence-corrected chi connectivity index (χ4v) is 5.22. The van der Waals surface area contributed by atoms with Crippen molar-refractivity contribution in [3.8, 4) is 11.5 Å². The normalized spacial score (nSPS) is 12.0. The lowest BCUT2D eigenvalue weighted by Gasteiger charge is -2.11. The Labute approximate surface area is 227 Å². The standard InChI is InChI=1S/C31H40N2O4S/c1-2-3-4-5-6-7-8-9-10-12-15-25-18-21-28(22-19-25)38(36,37)33-32-31(26-16-13-11-14-17-26)29-23-20-27(34)24-30(29)35/h11,13-14,16-24,33-35H,2-10,12,15H2,1H3/b32-31-. The van der Waals surface area contributed by atoms with Crippen molar-refractivity contribution in [3.05, 3.63) is 89.5 Å². The number of nitrogens with one attached hydrogen (secondary N) is 1. The van der Waals surface area contributed by atoms with Crippen molar-refractivity contribution in [3.63, 3.8) is 0 Å². The number of hydrogen-bond acceptors (Lipinski definition) is 5. The van der Waals surface area contributed by atoms with Gasteiger partial charge in [-0.25, -0.2) is 0 Å². The first kappa shape index (κ1) is 29.2. The van der Waals surface area contributed by atoms with Crippen LogP contribution in [0.2, 0.25) is 0 Å². The van der Waals surface area contributed by atoms with Gasteiger partial charge >= 0.3 is 0 Å². The van der Waals surface area contributed by atoms with Gasteiger partial charge in [0.05, 0.1) is 4.90 Å². The average Bonchev–Trinajstić information content (AvgIpc) is 2.92. The van der Waals surface area contributed by atoms with Crippen molar-refractivity contribution in [2.75, 3.05) is 0 Å². The number of aryl methyl sites for hydroxylation is 1. The number of hydrogen-bond donors (Lipinski definition) is 3.